The summed E-state index contributed by atoms with van der Waals surface area (Å²) >= 11 is 0. The molecule has 4 rings (SSSR count). The lowest BCUT2D eigenvalue weighted by Gasteiger charge is -2.41. The summed E-state index contributed by atoms with van der Waals surface area (Å²) in [5, 5.41) is 10.1. The van der Waals surface area contributed by atoms with Crippen LogP contribution in [0.25, 0.3) is 0 Å². The summed E-state index contributed by atoms with van der Waals surface area (Å²) in [6, 6.07) is 7.91. The minimum Gasteiger partial charge on any atom is -0.390 e. The molecule has 1 amide bonds. The molecule has 154 valence electrons. The number of rotatable bonds is 3. The van der Waals surface area contributed by atoms with Gasteiger partial charge in [-0.15, -0.1) is 0 Å². The number of carbonyl (C=O) groups is 1. The van der Waals surface area contributed by atoms with Gasteiger partial charge in [-0.2, -0.15) is 0 Å². The molecule has 1 N–H and O–H groups in total. The highest BCUT2D eigenvalue weighted by Gasteiger charge is 2.41. The van der Waals surface area contributed by atoms with Gasteiger partial charge >= 0.3 is 0 Å². The van der Waals surface area contributed by atoms with E-state index in [1.807, 2.05) is 22.8 Å². The van der Waals surface area contributed by atoms with Crippen LogP contribution in [0.15, 0.2) is 24.3 Å². The molecule has 3 atom stereocenters. The fourth-order valence-corrected chi connectivity index (χ4v) is 6.53. The molecule has 8 heteroatoms. The van der Waals surface area contributed by atoms with Gasteiger partial charge < -0.3 is 10.0 Å². The van der Waals surface area contributed by atoms with Gasteiger partial charge in [-0.25, -0.2) is 8.42 Å². The molecule has 2 saturated heterocycles. The number of aliphatic hydroxyl groups excluding tert-OH is 1. The number of sulfone groups is 1. The second kappa shape index (κ2) is 7.74. The van der Waals surface area contributed by atoms with E-state index in [2.05, 4.69) is 23.1 Å². The molecular formula is C20H29N3O4S. The lowest BCUT2D eigenvalue weighted by molar-refractivity contribution is -0.139. The second-order valence-electron chi connectivity index (χ2n) is 8.24. The molecule has 0 saturated carbocycles. The number of carbonyl (C=O) groups excluding carboxylic acids is 1. The normalized spacial score (nSPS) is 29.4. The van der Waals surface area contributed by atoms with Crippen molar-refractivity contribution < 1.29 is 18.3 Å². The maximum Gasteiger partial charge on any atom is 0.239 e. The standard InChI is InChI=1S/C20H29N3O4S/c1-15(23-7-6-16-4-2-3-5-17(16)12-23)20(25)22-10-8-21(9-11-22)18-13-28(26,27)14-19(18)24/h2-5,15,18-19,24H,6-14H2,1H3. The first-order valence-electron chi connectivity index (χ1n) is 10.1. The van der Waals surface area contributed by atoms with Gasteiger partial charge in [0.1, 0.15) is 0 Å². The first kappa shape index (κ1) is 19.8. The van der Waals surface area contributed by atoms with E-state index in [0.29, 0.717) is 26.2 Å². The van der Waals surface area contributed by atoms with E-state index in [-0.39, 0.29) is 29.5 Å². The van der Waals surface area contributed by atoms with Gasteiger partial charge in [-0.1, -0.05) is 24.3 Å². The van der Waals surface area contributed by atoms with Crippen LogP contribution in [0.2, 0.25) is 0 Å². The Labute approximate surface area is 166 Å². The van der Waals surface area contributed by atoms with Gasteiger partial charge in [0.05, 0.1) is 29.7 Å². The number of nitrogens with zero attached hydrogens (tertiary/aromatic N) is 3. The lowest BCUT2D eigenvalue weighted by atomic mass is 9.98. The number of hydrogen-bond donors (Lipinski definition) is 1. The molecule has 0 aliphatic carbocycles. The van der Waals surface area contributed by atoms with Crippen LogP contribution >= 0.6 is 0 Å². The van der Waals surface area contributed by atoms with Crippen LogP contribution in [0.5, 0.6) is 0 Å². The van der Waals surface area contributed by atoms with Gasteiger partial charge in [0, 0.05) is 39.3 Å². The molecule has 0 aromatic heterocycles. The minimum atomic E-state index is -3.16. The average Bonchev–Trinajstić information content (AvgIpc) is 2.99. The third-order valence-electron chi connectivity index (χ3n) is 6.45. The van der Waals surface area contributed by atoms with Gasteiger partial charge in [0.15, 0.2) is 9.84 Å². The molecule has 3 aliphatic rings. The summed E-state index contributed by atoms with van der Waals surface area (Å²) in [6.07, 6.45) is 0.148. The smallest absolute Gasteiger partial charge is 0.239 e. The monoisotopic (exact) mass is 407 g/mol. The zero-order valence-electron chi connectivity index (χ0n) is 16.3. The van der Waals surface area contributed by atoms with Crippen molar-refractivity contribution in [1.29, 1.82) is 0 Å². The first-order chi connectivity index (χ1) is 13.3. The number of hydrogen-bond acceptors (Lipinski definition) is 6. The minimum absolute atomic E-state index is 0.0195. The Bertz CT molecular complexity index is 836. The number of benzene rings is 1. The predicted octanol–water partition coefficient (Wildman–Crippen LogP) is -0.265. The first-order valence-corrected chi connectivity index (χ1v) is 11.9. The molecular weight excluding hydrogens is 378 g/mol. The van der Waals surface area contributed by atoms with Crippen molar-refractivity contribution in [3.05, 3.63) is 35.4 Å². The van der Waals surface area contributed by atoms with Crippen molar-refractivity contribution in [1.82, 2.24) is 14.7 Å². The van der Waals surface area contributed by atoms with Crippen LogP contribution in [-0.4, -0.2) is 96.5 Å². The molecule has 2 fully saturated rings. The van der Waals surface area contributed by atoms with E-state index in [4.69, 9.17) is 0 Å². The Morgan fingerprint density at radius 2 is 1.75 bits per heavy atom. The SMILES string of the molecule is CC(C(=O)N1CCN(C2CS(=O)(=O)CC2O)CC1)N1CCc2ccccc2C1. The summed E-state index contributed by atoms with van der Waals surface area (Å²) in [4.78, 5) is 19.2. The summed E-state index contributed by atoms with van der Waals surface area (Å²) in [5.41, 5.74) is 2.67. The van der Waals surface area contributed by atoms with Crippen molar-refractivity contribution in [2.75, 3.05) is 44.2 Å². The van der Waals surface area contributed by atoms with Crippen LogP contribution in [0.4, 0.5) is 0 Å². The van der Waals surface area contributed by atoms with E-state index in [9.17, 15) is 18.3 Å². The molecule has 7 nitrogen and oxygen atoms in total. The fraction of sp³-hybridized carbons (Fsp3) is 0.650. The molecule has 3 aliphatic heterocycles. The van der Waals surface area contributed by atoms with E-state index in [0.717, 1.165) is 19.5 Å². The van der Waals surface area contributed by atoms with E-state index < -0.39 is 15.9 Å². The van der Waals surface area contributed by atoms with E-state index >= 15 is 0 Å². The Hall–Kier alpha value is -1.48. The maximum atomic E-state index is 13.0. The number of aliphatic hydroxyl groups is 1. The van der Waals surface area contributed by atoms with Crippen LogP contribution < -0.4 is 0 Å². The quantitative estimate of drug-likeness (QED) is 0.743. The van der Waals surface area contributed by atoms with Gasteiger partial charge in [0.2, 0.25) is 5.91 Å². The number of piperazine rings is 1. The van der Waals surface area contributed by atoms with Gasteiger partial charge in [-0.05, 0) is 24.5 Å². The third-order valence-corrected chi connectivity index (χ3v) is 8.15. The highest BCUT2D eigenvalue weighted by Crippen LogP contribution is 2.23. The number of fused-ring (bicyclic) bond motifs is 1. The van der Waals surface area contributed by atoms with E-state index in [1.165, 1.54) is 11.1 Å². The van der Waals surface area contributed by atoms with Crippen molar-refractivity contribution >= 4 is 15.7 Å². The van der Waals surface area contributed by atoms with Crippen molar-refractivity contribution in [2.24, 2.45) is 0 Å². The second-order valence-corrected chi connectivity index (χ2v) is 10.4. The van der Waals surface area contributed by atoms with Gasteiger partial charge in [0.25, 0.3) is 0 Å². The molecule has 0 bridgehead atoms. The Morgan fingerprint density at radius 1 is 1.07 bits per heavy atom. The largest absolute Gasteiger partial charge is 0.390 e. The summed E-state index contributed by atoms with van der Waals surface area (Å²) in [7, 11) is -3.16. The molecule has 28 heavy (non-hydrogen) atoms. The van der Waals surface area contributed by atoms with Crippen LogP contribution in [0.3, 0.4) is 0 Å². The summed E-state index contributed by atoms with van der Waals surface area (Å²) in [6.45, 7) is 6.05. The molecule has 0 spiro atoms. The highest BCUT2D eigenvalue weighted by atomic mass is 32.2. The molecule has 3 unspecified atom stereocenters. The third kappa shape index (κ3) is 3.96. The zero-order valence-corrected chi connectivity index (χ0v) is 17.1. The molecule has 0 radical (unpaired) electrons. The zero-order chi connectivity index (χ0) is 19.9. The summed E-state index contributed by atoms with van der Waals surface area (Å²) < 4.78 is 23.5. The topological polar surface area (TPSA) is 81.2 Å². The molecule has 1 aromatic carbocycles. The van der Waals surface area contributed by atoms with Crippen molar-refractivity contribution in [3.8, 4) is 0 Å². The van der Waals surface area contributed by atoms with Crippen molar-refractivity contribution in [3.63, 3.8) is 0 Å². The van der Waals surface area contributed by atoms with Gasteiger partial charge in [-0.3, -0.25) is 14.6 Å². The van der Waals surface area contributed by atoms with Crippen LogP contribution in [-0.2, 0) is 27.6 Å². The average molecular weight is 408 g/mol. The van der Waals surface area contributed by atoms with Crippen molar-refractivity contribution in [2.45, 2.75) is 38.1 Å². The van der Waals surface area contributed by atoms with E-state index in [1.54, 1.807) is 0 Å². The maximum absolute atomic E-state index is 13.0. The highest BCUT2D eigenvalue weighted by molar-refractivity contribution is 7.91. The number of amides is 1. The Balaban J connectivity index is 1.33. The predicted molar refractivity (Wildman–Crippen MR) is 107 cm³/mol. The van der Waals surface area contributed by atoms with Crippen LogP contribution in [0.1, 0.15) is 18.1 Å². The molecule has 3 heterocycles. The van der Waals surface area contributed by atoms with Crippen LogP contribution in [0, 0.1) is 0 Å². The summed E-state index contributed by atoms with van der Waals surface area (Å²) in [5.74, 6) is 0.00863. The fourth-order valence-electron chi connectivity index (χ4n) is 4.70. The Morgan fingerprint density at radius 3 is 2.39 bits per heavy atom. The lowest BCUT2D eigenvalue weighted by Crippen LogP contribution is -2.57. The molecule has 1 aromatic rings. The Kier molecular flexibility index (Phi) is 5.48.